The van der Waals surface area contributed by atoms with Gasteiger partial charge in [0.1, 0.15) is 5.75 Å². The Labute approximate surface area is 151 Å². The molecule has 1 aromatic carbocycles. The summed E-state index contributed by atoms with van der Waals surface area (Å²) >= 11 is 0. The highest BCUT2D eigenvalue weighted by atomic mass is 16.6. The molecule has 1 unspecified atom stereocenters. The topological polar surface area (TPSA) is 84.7 Å². The second-order valence-electron chi connectivity index (χ2n) is 6.89. The van der Waals surface area contributed by atoms with Crippen molar-refractivity contribution < 1.29 is 18.7 Å². The highest BCUT2D eigenvalue weighted by Gasteiger charge is 2.34. The third-order valence-electron chi connectivity index (χ3n) is 5.13. The first-order chi connectivity index (χ1) is 12.6. The summed E-state index contributed by atoms with van der Waals surface area (Å²) in [5.41, 5.74) is 0.589. The molecule has 7 heteroatoms. The molecule has 0 radical (unpaired) electrons. The molecule has 3 fully saturated rings. The van der Waals surface area contributed by atoms with E-state index in [1.165, 1.54) is 13.1 Å². The summed E-state index contributed by atoms with van der Waals surface area (Å²) in [5.74, 6) is 0.944. The Morgan fingerprint density at radius 3 is 2.54 bits per heavy atom. The van der Waals surface area contributed by atoms with Crippen LogP contribution in [0, 0.1) is 5.92 Å². The third-order valence-corrected chi connectivity index (χ3v) is 5.13. The van der Waals surface area contributed by atoms with Gasteiger partial charge in [0.15, 0.2) is 11.5 Å². The van der Waals surface area contributed by atoms with Gasteiger partial charge < -0.3 is 19.4 Å². The fraction of sp³-hybridized carbons (Fsp3) is 0.421. The van der Waals surface area contributed by atoms with Gasteiger partial charge in [-0.05, 0) is 56.1 Å². The molecule has 26 heavy (non-hydrogen) atoms. The molecule has 1 amide bonds. The zero-order chi connectivity index (χ0) is 18.1. The van der Waals surface area contributed by atoms with Crippen LogP contribution in [0.2, 0.25) is 0 Å². The van der Waals surface area contributed by atoms with Gasteiger partial charge in [0.05, 0.1) is 6.20 Å². The van der Waals surface area contributed by atoms with E-state index in [2.05, 4.69) is 15.2 Å². The predicted molar refractivity (Wildman–Crippen MR) is 93.4 cm³/mol. The molecule has 0 saturated carbocycles. The van der Waals surface area contributed by atoms with Crippen LogP contribution in [0.3, 0.4) is 0 Å². The maximum Gasteiger partial charge on any atom is 0.399 e. The van der Waals surface area contributed by atoms with E-state index in [-0.39, 0.29) is 29.6 Å². The summed E-state index contributed by atoms with van der Waals surface area (Å²) in [4.78, 5) is 30.0. The second kappa shape index (κ2) is 6.92. The molecule has 2 aromatic rings. The average Bonchev–Trinajstić information content (AvgIpc) is 3.12. The lowest BCUT2D eigenvalue weighted by Crippen LogP contribution is -2.57. The number of Topliss-reactive ketones (excluding diaryl/α,β-unsaturated/α-hetero) is 1. The molecule has 3 aliphatic heterocycles. The van der Waals surface area contributed by atoms with Gasteiger partial charge >= 0.3 is 6.08 Å². The number of rotatable bonds is 5. The Bertz CT molecular complexity index is 806. The Morgan fingerprint density at radius 2 is 1.96 bits per heavy atom. The van der Waals surface area contributed by atoms with Crippen molar-refractivity contribution in [3.63, 3.8) is 0 Å². The van der Waals surface area contributed by atoms with E-state index < -0.39 is 0 Å². The molecular weight excluding hydrogens is 334 g/mol. The first-order valence-electron chi connectivity index (χ1n) is 8.86. The van der Waals surface area contributed by atoms with Crippen LogP contribution in [-0.2, 0) is 0 Å². The summed E-state index contributed by atoms with van der Waals surface area (Å²) in [7, 11) is 0. The van der Waals surface area contributed by atoms with Gasteiger partial charge in [0.25, 0.3) is 5.91 Å². The molecule has 136 valence electrons. The molecule has 4 heterocycles. The standard InChI is InChI=1S/C19H21N3O4/c1-12(23)17-10-20-19(26-17)25-15-4-2-14(3-5-15)18(24)21-16-11-22-8-6-13(16)7-9-22/h2-5,10,13,16H,6-9,11H2,1H3,(H,21,24). The molecule has 1 atom stereocenters. The number of nitrogens with one attached hydrogen (secondary N) is 1. The minimum atomic E-state index is -0.216. The number of carbonyl (C=O) groups excluding carboxylic acids is 2. The zero-order valence-electron chi connectivity index (χ0n) is 14.6. The summed E-state index contributed by atoms with van der Waals surface area (Å²) in [6.07, 6.45) is 3.65. The van der Waals surface area contributed by atoms with Crippen molar-refractivity contribution in [3.05, 3.63) is 41.8 Å². The molecule has 5 rings (SSSR count). The van der Waals surface area contributed by atoms with Crippen molar-refractivity contribution in [2.75, 3.05) is 19.6 Å². The lowest BCUT2D eigenvalue weighted by Gasteiger charge is -2.44. The van der Waals surface area contributed by atoms with Crippen molar-refractivity contribution in [1.82, 2.24) is 15.2 Å². The summed E-state index contributed by atoms with van der Waals surface area (Å²) in [6.45, 7) is 4.64. The normalized spacial score (nSPS) is 24.3. The molecule has 7 nitrogen and oxygen atoms in total. The second-order valence-corrected chi connectivity index (χ2v) is 6.89. The van der Waals surface area contributed by atoms with E-state index >= 15 is 0 Å². The third kappa shape index (κ3) is 3.48. The Balaban J connectivity index is 1.37. The van der Waals surface area contributed by atoms with Gasteiger partial charge in [0, 0.05) is 25.1 Å². The summed E-state index contributed by atoms with van der Waals surface area (Å²) < 4.78 is 10.7. The number of carbonyl (C=O) groups is 2. The maximum atomic E-state index is 12.5. The van der Waals surface area contributed by atoms with E-state index in [0.717, 1.165) is 32.5 Å². The minimum absolute atomic E-state index is 0.000294. The largest absolute Gasteiger partial charge is 0.411 e. The van der Waals surface area contributed by atoms with Crippen molar-refractivity contribution in [2.24, 2.45) is 5.92 Å². The van der Waals surface area contributed by atoms with Gasteiger partial charge in [-0.3, -0.25) is 9.59 Å². The number of hydrogen-bond acceptors (Lipinski definition) is 6. The number of aromatic nitrogens is 1. The van der Waals surface area contributed by atoms with Gasteiger partial charge in [-0.25, -0.2) is 0 Å². The molecule has 0 aliphatic carbocycles. The number of amides is 1. The Kier molecular flexibility index (Phi) is 4.46. The summed E-state index contributed by atoms with van der Waals surface area (Å²) in [6, 6.07) is 7.02. The Hall–Kier alpha value is -2.67. The average molecular weight is 355 g/mol. The van der Waals surface area contributed by atoms with Gasteiger partial charge in [-0.15, -0.1) is 0 Å². The van der Waals surface area contributed by atoms with Crippen LogP contribution >= 0.6 is 0 Å². The SMILES string of the molecule is CC(=O)c1cnc(Oc2ccc(C(=O)NC3CN4CCC3CC4)cc2)o1. The molecule has 2 bridgehead atoms. The lowest BCUT2D eigenvalue weighted by atomic mass is 9.84. The summed E-state index contributed by atoms with van der Waals surface area (Å²) in [5, 5.41) is 3.16. The van der Waals surface area contributed by atoms with Crippen LogP contribution in [0.1, 0.15) is 40.7 Å². The number of piperidine rings is 3. The van der Waals surface area contributed by atoms with Crippen molar-refractivity contribution in [3.8, 4) is 11.8 Å². The fourth-order valence-electron chi connectivity index (χ4n) is 3.62. The maximum absolute atomic E-state index is 12.5. The number of ketones is 1. The molecule has 1 N–H and O–H groups in total. The number of ether oxygens (including phenoxy) is 1. The smallest absolute Gasteiger partial charge is 0.399 e. The quantitative estimate of drug-likeness (QED) is 0.830. The molecular formula is C19H21N3O4. The van der Waals surface area contributed by atoms with E-state index in [1.54, 1.807) is 24.3 Å². The number of oxazole rings is 1. The number of fused-ring (bicyclic) bond motifs is 3. The van der Waals surface area contributed by atoms with Crippen LogP contribution in [0.15, 0.2) is 34.9 Å². The Morgan fingerprint density at radius 1 is 1.23 bits per heavy atom. The monoisotopic (exact) mass is 355 g/mol. The number of hydrogen-bond donors (Lipinski definition) is 1. The zero-order valence-corrected chi connectivity index (χ0v) is 14.6. The van der Waals surface area contributed by atoms with Crippen LogP contribution in [0.5, 0.6) is 11.8 Å². The number of nitrogens with zero attached hydrogens (tertiary/aromatic N) is 2. The van der Waals surface area contributed by atoms with E-state index in [0.29, 0.717) is 17.2 Å². The molecule has 0 spiro atoms. The van der Waals surface area contributed by atoms with E-state index in [9.17, 15) is 9.59 Å². The predicted octanol–water partition coefficient (Wildman–Crippen LogP) is 2.49. The number of benzene rings is 1. The highest BCUT2D eigenvalue weighted by Crippen LogP contribution is 2.28. The van der Waals surface area contributed by atoms with Crippen molar-refractivity contribution in [1.29, 1.82) is 0 Å². The van der Waals surface area contributed by atoms with Gasteiger partial charge in [-0.2, -0.15) is 4.98 Å². The molecule has 3 aliphatic rings. The molecule has 1 aromatic heterocycles. The van der Waals surface area contributed by atoms with Gasteiger partial charge in [-0.1, -0.05) is 0 Å². The molecule has 3 saturated heterocycles. The van der Waals surface area contributed by atoms with Crippen molar-refractivity contribution in [2.45, 2.75) is 25.8 Å². The van der Waals surface area contributed by atoms with E-state index in [1.807, 2.05) is 0 Å². The van der Waals surface area contributed by atoms with Crippen LogP contribution < -0.4 is 10.1 Å². The van der Waals surface area contributed by atoms with Crippen LogP contribution in [0.4, 0.5) is 0 Å². The van der Waals surface area contributed by atoms with Crippen LogP contribution in [-0.4, -0.2) is 47.3 Å². The first-order valence-corrected chi connectivity index (χ1v) is 8.86. The minimum Gasteiger partial charge on any atom is -0.411 e. The lowest BCUT2D eigenvalue weighted by molar-refractivity contribution is 0.0620. The fourth-order valence-corrected chi connectivity index (χ4v) is 3.62. The van der Waals surface area contributed by atoms with E-state index in [4.69, 9.17) is 9.15 Å². The van der Waals surface area contributed by atoms with Crippen molar-refractivity contribution >= 4 is 11.7 Å². The van der Waals surface area contributed by atoms with Crippen LogP contribution in [0.25, 0.3) is 0 Å². The highest BCUT2D eigenvalue weighted by molar-refractivity contribution is 5.94. The first kappa shape index (κ1) is 16.8. The van der Waals surface area contributed by atoms with Gasteiger partial charge in [0.2, 0.25) is 0 Å².